The zero-order valence-electron chi connectivity index (χ0n) is 13.0. The lowest BCUT2D eigenvalue weighted by Crippen LogP contribution is -2.36. The van der Waals surface area contributed by atoms with Gasteiger partial charge in [0.1, 0.15) is 5.60 Å². The third kappa shape index (κ3) is 3.84. The Bertz CT molecular complexity index is 434. The Kier molecular flexibility index (Phi) is 5.39. The van der Waals surface area contributed by atoms with Gasteiger partial charge >= 0.3 is 5.97 Å². The molecule has 0 amide bonds. The van der Waals surface area contributed by atoms with Gasteiger partial charge in [-0.3, -0.25) is 4.79 Å². The number of aromatic amines is 1. The smallest absolute Gasteiger partial charge is 0.308 e. The quantitative estimate of drug-likeness (QED) is 0.625. The average molecular weight is 294 g/mol. The first-order valence-corrected chi connectivity index (χ1v) is 7.93. The lowest BCUT2D eigenvalue weighted by Gasteiger charge is -2.36. The van der Waals surface area contributed by atoms with Crippen LogP contribution in [0.1, 0.15) is 58.1 Å². The number of carbonyl (C=O) groups excluding carboxylic acids is 1. The van der Waals surface area contributed by atoms with Crippen molar-refractivity contribution in [3.05, 3.63) is 18.2 Å². The van der Waals surface area contributed by atoms with Crippen LogP contribution in [-0.2, 0) is 15.1 Å². The van der Waals surface area contributed by atoms with Crippen molar-refractivity contribution in [3.63, 3.8) is 0 Å². The summed E-state index contributed by atoms with van der Waals surface area (Å²) in [4.78, 5) is 18.9. The number of rotatable bonds is 6. The van der Waals surface area contributed by atoms with E-state index in [0.717, 1.165) is 44.2 Å². The number of H-pyrrole nitrogens is 1. The Labute approximate surface area is 126 Å². The molecule has 1 heterocycles. The van der Waals surface area contributed by atoms with Gasteiger partial charge in [-0.2, -0.15) is 0 Å². The Morgan fingerprint density at radius 3 is 2.76 bits per heavy atom. The molecule has 118 valence electrons. The van der Waals surface area contributed by atoms with Gasteiger partial charge in [0.2, 0.25) is 0 Å². The van der Waals surface area contributed by atoms with Gasteiger partial charge in [0.25, 0.3) is 0 Å². The molecule has 5 heteroatoms. The van der Waals surface area contributed by atoms with E-state index in [2.05, 4.69) is 16.9 Å². The number of hydrogen-bond donors (Lipinski definition) is 2. The number of nitrogens with zero attached hydrogens (tertiary/aromatic N) is 1. The molecule has 1 aliphatic rings. The summed E-state index contributed by atoms with van der Waals surface area (Å²) in [5.74, 6) is 0.0800. The van der Waals surface area contributed by atoms with Crippen LogP contribution in [0.2, 0.25) is 0 Å². The summed E-state index contributed by atoms with van der Waals surface area (Å²) in [6.07, 6.45) is 8.47. The van der Waals surface area contributed by atoms with Gasteiger partial charge in [0.15, 0.2) is 0 Å². The average Bonchev–Trinajstić information content (AvgIpc) is 3.02. The molecule has 0 bridgehead atoms. The molecule has 0 aliphatic heterocycles. The number of imidazole rings is 1. The summed E-state index contributed by atoms with van der Waals surface area (Å²) in [7, 11) is 0. The van der Waals surface area contributed by atoms with Gasteiger partial charge in [0, 0.05) is 0 Å². The molecule has 0 radical (unpaired) electrons. The van der Waals surface area contributed by atoms with Crippen LogP contribution in [0.15, 0.2) is 12.5 Å². The molecular weight excluding hydrogens is 268 g/mol. The van der Waals surface area contributed by atoms with Gasteiger partial charge in [-0.25, -0.2) is 4.98 Å². The number of unbranched alkanes of at least 4 members (excludes halogenated alkanes) is 1. The van der Waals surface area contributed by atoms with Crippen LogP contribution in [0.3, 0.4) is 0 Å². The van der Waals surface area contributed by atoms with E-state index >= 15 is 0 Å². The molecule has 1 saturated carbocycles. The van der Waals surface area contributed by atoms with Crippen LogP contribution >= 0.6 is 0 Å². The van der Waals surface area contributed by atoms with Gasteiger partial charge in [-0.15, -0.1) is 0 Å². The molecule has 21 heavy (non-hydrogen) atoms. The number of aromatic nitrogens is 2. The van der Waals surface area contributed by atoms with Gasteiger partial charge in [-0.1, -0.05) is 13.3 Å². The van der Waals surface area contributed by atoms with E-state index in [1.54, 1.807) is 12.5 Å². The van der Waals surface area contributed by atoms with E-state index in [0.29, 0.717) is 6.61 Å². The van der Waals surface area contributed by atoms with E-state index in [4.69, 9.17) is 4.74 Å². The van der Waals surface area contributed by atoms with Crippen molar-refractivity contribution in [3.8, 4) is 0 Å². The third-order valence-corrected chi connectivity index (χ3v) is 4.64. The second-order valence-electron chi connectivity index (χ2n) is 6.18. The number of nitrogens with one attached hydrogen (secondary N) is 1. The summed E-state index contributed by atoms with van der Waals surface area (Å²) in [6.45, 7) is 4.43. The molecule has 5 nitrogen and oxygen atoms in total. The molecular formula is C16H26N2O3. The zero-order valence-corrected chi connectivity index (χ0v) is 13.0. The van der Waals surface area contributed by atoms with E-state index < -0.39 is 5.60 Å². The Hall–Kier alpha value is -1.36. The summed E-state index contributed by atoms with van der Waals surface area (Å²) in [5, 5.41) is 10.7. The van der Waals surface area contributed by atoms with Crippen molar-refractivity contribution in [1.29, 1.82) is 0 Å². The molecule has 1 fully saturated rings. The van der Waals surface area contributed by atoms with Crippen molar-refractivity contribution < 1.29 is 14.6 Å². The van der Waals surface area contributed by atoms with Crippen LogP contribution in [0.4, 0.5) is 0 Å². The standard InChI is InChI=1S/C16H26N2O3/c1-3-4-9-21-15(19)12-5-7-13(8-6-12)16(2,20)14-10-17-11-18-14/h10-13,20H,3-9H2,1-2H3,(H,17,18). The number of carbonyl (C=O) groups is 1. The van der Waals surface area contributed by atoms with Crippen LogP contribution in [-0.4, -0.2) is 27.7 Å². The summed E-state index contributed by atoms with van der Waals surface area (Å²) >= 11 is 0. The molecule has 1 aliphatic carbocycles. The van der Waals surface area contributed by atoms with Crippen molar-refractivity contribution in [2.24, 2.45) is 11.8 Å². The summed E-state index contributed by atoms with van der Waals surface area (Å²) < 4.78 is 5.30. The van der Waals surface area contributed by atoms with Crippen molar-refractivity contribution in [2.45, 2.75) is 58.0 Å². The maximum absolute atomic E-state index is 12.0. The molecule has 1 unspecified atom stereocenters. The highest BCUT2D eigenvalue weighted by Gasteiger charge is 2.39. The SMILES string of the molecule is CCCCOC(=O)C1CCC(C(C)(O)c2cnc[nH]2)CC1. The minimum Gasteiger partial charge on any atom is -0.465 e. The Morgan fingerprint density at radius 1 is 1.48 bits per heavy atom. The largest absolute Gasteiger partial charge is 0.465 e. The van der Waals surface area contributed by atoms with Crippen LogP contribution in [0.25, 0.3) is 0 Å². The molecule has 0 aromatic carbocycles. The van der Waals surface area contributed by atoms with Crippen molar-refractivity contribution in [2.75, 3.05) is 6.61 Å². The molecule has 1 aromatic heterocycles. The molecule has 0 spiro atoms. The van der Waals surface area contributed by atoms with E-state index in [9.17, 15) is 9.90 Å². The predicted molar refractivity (Wildman–Crippen MR) is 79.5 cm³/mol. The van der Waals surface area contributed by atoms with Crippen LogP contribution in [0.5, 0.6) is 0 Å². The minimum atomic E-state index is -0.909. The summed E-state index contributed by atoms with van der Waals surface area (Å²) in [5.41, 5.74) is -0.162. The van der Waals surface area contributed by atoms with Gasteiger partial charge in [0.05, 0.1) is 30.7 Å². The van der Waals surface area contributed by atoms with E-state index in [1.165, 1.54) is 0 Å². The van der Waals surface area contributed by atoms with E-state index in [-0.39, 0.29) is 17.8 Å². The minimum absolute atomic E-state index is 0.00401. The number of esters is 1. The molecule has 1 aromatic rings. The lowest BCUT2D eigenvalue weighted by molar-refractivity contribution is -0.151. The Morgan fingerprint density at radius 2 is 2.19 bits per heavy atom. The first kappa shape index (κ1) is 16.0. The number of aliphatic hydroxyl groups is 1. The first-order chi connectivity index (χ1) is 10.1. The van der Waals surface area contributed by atoms with Gasteiger partial charge < -0.3 is 14.8 Å². The third-order valence-electron chi connectivity index (χ3n) is 4.64. The normalized spacial score (nSPS) is 25.3. The van der Waals surface area contributed by atoms with E-state index in [1.807, 2.05) is 6.92 Å². The fraction of sp³-hybridized carbons (Fsp3) is 0.750. The molecule has 2 N–H and O–H groups in total. The predicted octanol–water partition coefficient (Wildman–Crippen LogP) is 2.77. The maximum atomic E-state index is 12.0. The number of ether oxygens (including phenoxy) is 1. The van der Waals surface area contributed by atoms with Crippen molar-refractivity contribution >= 4 is 5.97 Å². The lowest BCUT2D eigenvalue weighted by atomic mass is 9.73. The molecule has 0 saturated heterocycles. The molecule has 2 rings (SSSR count). The second-order valence-corrected chi connectivity index (χ2v) is 6.18. The second kappa shape index (κ2) is 7.07. The fourth-order valence-electron chi connectivity index (χ4n) is 3.08. The molecule has 1 atom stereocenters. The number of hydrogen-bond acceptors (Lipinski definition) is 4. The monoisotopic (exact) mass is 294 g/mol. The fourth-order valence-corrected chi connectivity index (χ4v) is 3.08. The highest BCUT2D eigenvalue weighted by atomic mass is 16.5. The maximum Gasteiger partial charge on any atom is 0.308 e. The van der Waals surface area contributed by atoms with Gasteiger partial charge in [-0.05, 0) is 44.9 Å². The van der Waals surface area contributed by atoms with Crippen LogP contribution in [0, 0.1) is 11.8 Å². The Balaban J connectivity index is 1.84. The first-order valence-electron chi connectivity index (χ1n) is 7.93. The summed E-state index contributed by atoms with van der Waals surface area (Å²) in [6, 6.07) is 0. The highest BCUT2D eigenvalue weighted by Crippen LogP contribution is 2.40. The topological polar surface area (TPSA) is 75.2 Å². The van der Waals surface area contributed by atoms with Crippen molar-refractivity contribution in [1.82, 2.24) is 9.97 Å². The highest BCUT2D eigenvalue weighted by molar-refractivity contribution is 5.72. The van der Waals surface area contributed by atoms with Crippen LogP contribution < -0.4 is 0 Å². The zero-order chi connectivity index (χ0) is 15.3.